The molecule has 82 valence electrons. The Hall–Kier alpha value is -1.16. The minimum Gasteiger partial charge on any atom is -0.352 e. The highest BCUT2D eigenvalue weighted by Gasteiger charge is 2.29. The van der Waals surface area contributed by atoms with Crippen molar-refractivity contribution in [1.82, 2.24) is 10.2 Å². The first-order valence-corrected chi connectivity index (χ1v) is 5.64. The number of anilines is 1. The van der Waals surface area contributed by atoms with E-state index in [9.17, 15) is 0 Å². The van der Waals surface area contributed by atoms with Crippen LogP contribution in [0.4, 0.5) is 5.82 Å². The molecular formula is C11H18N4. The molecule has 0 spiro atoms. The topological polar surface area (TPSA) is 55.0 Å². The number of hydrogen-bond donors (Lipinski definition) is 1. The van der Waals surface area contributed by atoms with Crippen molar-refractivity contribution < 1.29 is 0 Å². The van der Waals surface area contributed by atoms with Crippen LogP contribution in [0.1, 0.15) is 31.9 Å². The maximum atomic E-state index is 5.49. The molecule has 1 aromatic heterocycles. The van der Waals surface area contributed by atoms with Crippen LogP contribution in [0.15, 0.2) is 12.1 Å². The molecule has 4 heteroatoms. The van der Waals surface area contributed by atoms with Gasteiger partial charge in [-0.05, 0) is 31.4 Å². The van der Waals surface area contributed by atoms with Crippen LogP contribution in [-0.2, 0) is 6.54 Å². The molecule has 1 aliphatic rings. The van der Waals surface area contributed by atoms with Gasteiger partial charge in [-0.3, -0.25) is 0 Å². The maximum absolute atomic E-state index is 5.49. The SMILES string of the molecule is CCCN(c1ccc(CN)nn1)C1CC1. The molecule has 0 unspecified atom stereocenters. The fraction of sp³-hybridized carbons (Fsp3) is 0.636. The summed E-state index contributed by atoms with van der Waals surface area (Å²) in [5, 5.41) is 8.32. The molecule has 1 saturated carbocycles. The van der Waals surface area contributed by atoms with Crippen molar-refractivity contribution in [2.24, 2.45) is 5.73 Å². The van der Waals surface area contributed by atoms with Crippen molar-refractivity contribution in [3.63, 3.8) is 0 Å². The van der Waals surface area contributed by atoms with Crippen LogP contribution in [0.25, 0.3) is 0 Å². The molecule has 15 heavy (non-hydrogen) atoms. The van der Waals surface area contributed by atoms with E-state index in [1.807, 2.05) is 12.1 Å². The largest absolute Gasteiger partial charge is 0.352 e. The van der Waals surface area contributed by atoms with Crippen LogP contribution >= 0.6 is 0 Å². The van der Waals surface area contributed by atoms with E-state index in [2.05, 4.69) is 22.0 Å². The summed E-state index contributed by atoms with van der Waals surface area (Å²) >= 11 is 0. The van der Waals surface area contributed by atoms with Gasteiger partial charge in [-0.2, -0.15) is 5.10 Å². The second-order valence-corrected chi connectivity index (χ2v) is 4.01. The molecule has 0 aliphatic heterocycles. The lowest BCUT2D eigenvalue weighted by Crippen LogP contribution is -2.27. The van der Waals surface area contributed by atoms with Crippen LogP contribution in [0, 0.1) is 0 Å². The first kappa shape index (κ1) is 10.4. The Morgan fingerprint density at radius 3 is 2.67 bits per heavy atom. The zero-order valence-corrected chi connectivity index (χ0v) is 9.19. The van der Waals surface area contributed by atoms with Gasteiger partial charge in [0.05, 0.1) is 5.69 Å². The number of rotatable bonds is 5. The Labute approximate surface area is 90.5 Å². The molecule has 0 aromatic carbocycles. The standard InChI is InChI=1S/C11H18N4/c1-2-7-15(10-4-5-10)11-6-3-9(8-12)13-14-11/h3,6,10H,2,4-5,7-8,12H2,1H3. The first-order valence-electron chi connectivity index (χ1n) is 5.64. The van der Waals surface area contributed by atoms with Crippen LogP contribution in [0.2, 0.25) is 0 Å². The predicted molar refractivity (Wildman–Crippen MR) is 60.6 cm³/mol. The van der Waals surface area contributed by atoms with E-state index in [1.54, 1.807) is 0 Å². The molecule has 2 rings (SSSR count). The van der Waals surface area contributed by atoms with Crippen LogP contribution in [0.3, 0.4) is 0 Å². The number of nitrogens with zero attached hydrogens (tertiary/aromatic N) is 3. The summed E-state index contributed by atoms with van der Waals surface area (Å²) in [4.78, 5) is 2.35. The lowest BCUT2D eigenvalue weighted by Gasteiger charge is -2.22. The third kappa shape index (κ3) is 2.45. The summed E-state index contributed by atoms with van der Waals surface area (Å²) in [5.74, 6) is 0.997. The average molecular weight is 206 g/mol. The highest BCUT2D eigenvalue weighted by atomic mass is 15.3. The van der Waals surface area contributed by atoms with Gasteiger partial charge in [-0.15, -0.1) is 5.10 Å². The molecule has 0 radical (unpaired) electrons. The Balaban J connectivity index is 2.10. The molecule has 0 saturated heterocycles. The number of aromatic nitrogens is 2. The van der Waals surface area contributed by atoms with Gasteiger partial charge in [-0.1, -0.05) is 6.92 Å². The van der Waals surface area contributed by atoms with Crippen molar-refractivity contribution in [2.45, 2.75) is 38.8 Å². The Bertz CT molecular complexity index is 305. The summed E-state index contributed by atoms with van der Waals surface area (Å²) in [5.41, 5.74) is 6.34. The van der Waals surface area contributed by atoms with E-state index in [0.29, 0.717) is 12.6 Å². The molecule has 1 heterocycles. The van der Waals surface area contributed by atoms with Gasteiger partial charge in [0.1, 0.15) is 0 Å². The maximum Gasteiger partial charge on any atom is 0.151 e. The highest BCUT2D eigenvalue weighted by molar-refractivity contribution is 5.40. The van der Waals surface area contributed by atoms with E-state index in [4.69, 9.17) is 5.73 Å². The molecule has 1 aromatic rings. The van der Waals surface area contributed by atoms with E-state index >= 15 is 0 Å². The fourth-order valence-electron chi connectivity index (χ4n) is 1.73. The minimum absolute atomic E-state index is 0.463. The average Bonchev–Trinajstić information content (AvgIpc) is 3.10. The zero-order valence-electron chi connectivity index (χ0n) is 9.19. The van der Waals surface area contributed by atoms with Gasteiger partial charge >= 0.3 is 0 Å². The van der Waals surface area contributed by atoms with Crippen molar-refractivity contribution in [3.05, 3.63) is 17.8 Å². The highest BCUT2D eigenvalue weighted by Crippen LogP contribution is 2.30. The zero-order chi connectivity index (χ0) is 10.7. The third-order valence-electron chi connectivity index (χ3n) is 2.66. The quantitative estimate of drug-likeness (QED) is 0.789. The second kappa shape index (κ2) is 4.57. The van der Waals surface area contributed by atoms with Gasteiger partial charge < -0.3 is 10.6 Å². The predicted octanol–water partition coefficient (Wildman–Crippen LogP) is 1.31. The lowest BCUT2D eigenvalue weighted by atomic mass is 10.3. The Morgan fingerprint density at radius 1 is 1.40 bits per heavy atom. The minimum atomic E-state index is 0.463. The normalized spacial score (nSPS) is 15.3. The third-order valence-corrected chi connectivity index (χ3v) is 2.66. The van der Waals surface area contributed by atoms with Gasteiger partial charge in [-0.25, -0.2) is 0 Å². The smallest absolute Gasteiger partial charge is 0.151 e. The molecule has 0 bridgehead atoms. The fourth-order valence-corrected chi connectivity index (χ4v) is 1.73. The monoisotopic (exact) mass is 206 g/mol. The Kier molecular flexibility index (Phi) is 3.16. The molecule has 2 N–H and O–H groups in total. The van der Waals surface area contributed by atoms with Gasteiger partial charge in [0.25, 0.3) is 0 Å². The molecule has 0 atom stereocenters. The van der Waals surface area contributed by atoms with Gasteiger partial charge in [0.15, 0.2) is 5.82 Å². The second-order valence-electron chi connectivity index (χ2n) is 4.01. The molecule has 4 nitrogen and oxygen atoms in total. The Morgan fingerprint density at radius 2 is 2.20 bits per heavy atom. The molecule has 1 aliphatic carbocycles. The van der Waals surface area contributed by atoms with Crippen LogP contribution in [-0.4, -0.2) is 22.8 Å². The van der Waals surface area contributed by atoms with Crippen molar-refractivity contribution in [1.29, 1.82) is 0 Å². The van der Waals surface area contributed by atoms with Crippen molar-refractivity contribution >= 4 is 5.82 Å². The van der Waals surface area contributed by atoms with Gasteiger partial charge in [0, 0.05) is 19.1 Å². The van der Waals surface area contributed by atoms with Crippen molar-refractivity contribution in [3.8, 4) is 0 Å². The first-order chi connectivity index (χ1) is 7.35. The molecular weight excluding hydrogens is 188 g/mol. The summed E-state index contributed by atoms with van der Waals surface area (Å²) in [7, 11) is 0. The lowest BCUT2D eigenvalue weighted by molar-refractivity contribution is 0.735. The number of nitrogens with two attached hydrogens (primary N) is 1. The molecule has 0 amide bonds. The van der Waals surface area contributed by atoms with Crippen LogP contribution < -0.4 is 10.6 Å². The summed E-state index contributed by atoms with van der Waals surface area (Å²) < 4.78 is 0. The van der Waals surface area contributed by atoms with Crippen LogP contribution in [0.5, 0.6) is 0 Å². The summed E-state index contributed by atoms with van der Waals surface area (Å²) in [6.07, 6.45) is 3.73. The van der Waals surface area contributed by atoms with E-state index in [-0.39, 0.29) is 0 Å². The van der Waals surface area contributed by atoms with E-state index in [1.165, 1.54) is 12.8 Å². The van der Waals surface area contributed by atoms with Gasteiger partial charge in [0.2, 0.25) is 0 Å². The molecule has 1 fully saturated rings. The summed E-state index contributed by atoms with van der Waals surface area (Å²) in [6, 6.07) is 4.69. The van der Waals surface area contributed by atoms with E-state index in [0.717, 1.165) is 24.5 Å². The van der Waals surface area contributed by atoms with E-state index < -0.39 is 0 Å². The summed E-state index contributed by atoms with van der Waals surface area (Å²) in [6.45, 7) is 3.73. The van der Waals surface area contributed by atoms with Crippen molar-refractivity contribution in [2.75, 3.05) is 11.4 Å². The number of hydrogen-bond acceptors (Lipinski definition) is 4.